The lowest BCUT2D eigenvalue weighted by molar-refractivity contribution is -0.136. The fraction of sp³-hybridized carbons (Fsp3) is 0.500. The summed E-state index contributed by atoms with van der Waals surface area (Å²) in [6.07, 6.45) is -0.821. The van der Waals surface area contributed by atoms with Crippen LogP contribution in [-0.4, -0.2) is 30.7 Å². The van der Waals surface area contributed by atoms with Crippen LogP contribution in [0.25, 0.3) is 0 Å². The number of carbonyl (C=O) groups is 2. The lowest BCUT2D eigenvalue weighted by atomic mass is 10.2. The van der Waals surface area contributed by atoms with E-state index in [-0.39, 0.29) is 11.8 Å². The van der Waals surface area contributed by atoms with E-state index in [0.29, 0.717) is 0 Å². The third kappa shape index (κ3) is 1.36. The Bertz CT molecular complexity index is 214. The maximum atomic E-state index is 10.9. The van der Waals surface area contributed by atoms with Crippen molar-refractivity contribution in [1.29, 1.82) is 0 Å². The standard InChI is InChI=1S/C6H9N3O2/c1-3-5(10)9-4(7-2)6(11)8-3/h3-4H,2H2,1H3,(H,8,11)(H,9,10). The molecule has 0 aromatic heterocycles. The van der Waals surface area contributed by atoms with Gasteiger partial charge in [0.25, 0.3) is 5.91 Å². The minimum atomic E-state index is -0.821. The molecule has 2 unspecified atom stereocenters. The minimum absolute atomic E-state index is 0.234. The molecular weight excluding hydrogens is 146 g/mol. The summed E-state index contributed by atoms with van der Waals surface area (Å²) in [5.41, 5.74) is 0. The molecule has 11 heavy (non-hydrogen) atoms. The Hall–Kier alpha value is -1.39. The first-order chi connectivity index (χ1) is 5.15. The van der Waals surface area contributed by atoms with Gasteiger partial charge in [-0.1, -0.05) is 0 Å². The molecule has 0 bridgehead atoms. The fourth-order valence-corrected chi connectivity index (χ4v) is 0.812. The summed E-state index contributed by atoms with van der Waals surface area (Å²) in [5.74, 6) is -0.547. The maximum Gasteiger partial charge on any atom is 0.265 e. The van der Waals surface area contributed by atoms with Crippen LogP contribution < -0.4 is 10.6 Å². The number of amides is 2. The lowest BCUT2D eigenvalue weighted by Crippen LogP contribution is -2.59. The van der Waals surface area contributed by atoms with Gasteiger partial charge in [0.2, 0.25) is 5.91 Å². The van der Waals surface area contributed by atoms with E-state index in [1.165, 1.54) is 0 Å². The van der Waals surface area contributed by atoms with Gasteiger partial charge in [-0.25, -0.2) is 0 Å². The Labute approximate surface area is 63.9 Å². The van der Waals surface area contributed by atoms with E-state index in [1.54, 1.807) is 6.92 Å². The van der Waals surface area contributed by atoms with Gasteiger partial charge in [0.15, 0.2) is 6.17 Å². The van der Waals surface area contributed by atoms with Crippen molar-refractivity contribution in [2.24, 2.45) is 4.99 Å². The third-order valence-electron chi connectivity index (χ3n) is 1.46. The SMILES string of the molecule is C=NC1NC(=O)C(C)NC1=O. The van der Waals surface area contributed by atoms with E-state index in [2.05, 4.69) is 22.3 Å². The number of nitrogens with zero attached hydrogens (tertiary/aromatic N) is 1. The Morgan fingerprint density at radius 2 is 2.00 bits per heavy atom. The second-order valence-corrected chi connectivity index (χ2v) is 2.32. The van der Waals surface area contributed by atoms with E-state index in [9.17, 15) is 9.59 Å². The van der Waals surface area contributed by atoms with Crippen molar-refractivity contribution < 1.29 is 9.59 Å². The Balaban J connectivity index is 2.69. The van der Waals surface area contributed by atoms with Gasteiger partial charge in [-0.2, -0.15) is 0 Å². The molecule has 1 aliphatic heterocycles. The van der Waals surface area contributed by atoms with E-state index < -0.39 is 12.2 Å². The van der Waals surface area contributed by atoms with Crippen LogP contribution in [0.3, 0.4) is 0 Å². The minimum Gasteiger partial charge on any atom is -0.341 e. The summed E-state index contributed by atoms with van der Waals surface area (Å²) in [6, 6.07) is -0.472. The lowest BCUT2D eigenvalue weighted by Gasteiger charge is -2.24. The second kappa shape index (κ2) is 2.69. The predicted octanol–water partition coefficient (Wildman–Crippen LogP) is -1.35. The van der Waals surface area contributed by atoms with Crippen molar-refractivity contribution in [1.82, 2.24) is 10.6 Å². The molecule has 2 atom stereocenters. The molecule has 60 valence electrons. The van der Waals surface area contributed by atoms with Crippen LogP contribution in [0.4, 0.5) is 0 Å². The molecule has 1 aliphatic rings. The zero-order valence-electron chi connectivity index (χ0n) is 6.13. The average Bonchev–Trinajstić information content (AvgIpc) is 1.97. The van der Waals surface area contributed by atoms with Crippen molar-refractivity contribution in [2.45, 2.75) is 19.1 Å². The highest BCUT2D eigenvalue weighted by Crippen LogP contribution is 1.96. The molecule has 1 heterocycles. The van der Waals surface area contributed by atoms with Gasteiger partial charge in [0.1, 0.15) is 6.04 Å². The monoisotopic (exact) mass is 155 g/mol. The van der Waals surface area contributed by atoms with Crippen LogP contribution >= 0.6 is 0 Å². The number of piperazine rings is 1. The Morgan fingerprint density at radius 3 is 2.55 bits per heavy atom. The van der Waals surface area contributed by atoms with E-state index >= 15 is 0 Å². The van der Waals surface area contributed by atoms with Gasteiger partial charge in [0.05, 0.1) is 0 Å². The van der Waals surface area contributed by atoms with Crippen LogP contribution in [0.1, 0.15) is 6.92 Å². The van der Waals surface area contributed by atoms with Crippen LogP contribution in [0.5, 0.6) is 0 Å². The Morgan fingerprint density at radius 1 is 1.36 bits per heavy atom. The van der Waals surface area contributed by atoms with Gasteiger partial charge >= 0.3 is 0 Å². The zero-order valence-corrected chi connectivity index (χ0v) is 6.13. The van der Waals surface area contributed by atoms with Crippen molar-refractivity contribution in [3.63, 3.8) is 0 Å². The highest BCUT2D eigenvalue weighted by molar-refractivity contribution is 5.96. The quantitative estimate of drug-likeness (QED) is 0.459. The summed E-state index contributed by atoms with van der Waals surface area (Å²) in [5, 5.41) is 4.83. The number of rotatable bonds is 1. The number of hydrogen-bond donors (Lipinski definition) is 2. The Kier molecular flexibility index (Phi) is 1.89. The van der Waals surface area contributed by atoms with Gasteiger partial charge in [-0.15, -0.1) is 0 Å². The summed E-state index contributed by atoms with van der Waals surface area (Å²) >= 11 is 0. The zero-order chi connectivity index (χ0) is 8.43. The first-order valence-corrected chi connectivity index (χ1v) is 3.21. The van der Waals surface area contributed by atoms with Gasteiger partial charge in [-0.05, 0) is 13.6 Å². The molecule has 0 saturated carbocycles. The first kappa shape index (κ1) is 7.71. The molecule has 0 aliphatic carbocycles. The van der Waals surface area contributed by atoms with Crippen molar-refractivity contribution in [3.8, 4) is 0 Å². The van der Waals surface area contributed by atoms with Gasteiger partial charge in [0, 0.05) is 0 Å². The molecule has 0 radical (unpaired) electrons. The first-order valence-electron chi connectivity index (χ1n) is 3.21. The molecule has 0 spiro atoms. The number of carbonyl (C=O) groups excluding carboxylic acids is 2. The molecule has 1 rings (SSSR count). The van der Waals surface area contributed by atoms with Crippen LogP contribution in [-0.2, 0) is 9.59 Å². The smallest absolute Gasteiger partial charge is 0.265 e. The van der Waals surface area contributed by atoms with Gasteiger partial charge < -0.3 is 10.6 Å². The molecule has 1 fully saturated rings. The fourth-order valence-electron chi connectivity index (χ4n) is 0.812. The highest BCUT2D eigenvalue weighted by Gasteiger charge is 2.29. The van der Waals surface area contributed by atoms with E-state index in [4.69, 9.17) is 0 Å². The second-order valence-electron chi connectivity index (χ2n) is 2.32. The van der Waals surface area contributed by atoms with Crippen molar-refractivity contribution >= 4 is 18.5 Å². The summed E-state index contributed by atoms with van der Waals surface area (Å²) in [6.45, 7) is 4.77. The summed E-state index contributed by atoms with van der Waals surface area (Å²) in [7, 11) is 0. The molecule has 0 aromatic rings. The molecule has 5 nitrogen and oxygen atoms in total. The van der Waals surface area contributed by atoms with Crippen molar-refractivity contribution in [3.05, 3.63) is 0 Å². The number of hydrogen-bond acceptors (Lipinski definition) is 3. The van der Waals surface area contributed by atoms with E-state index in [0.717, 1.165) is 0 Å². The highest BCUT2D eigenvalue weighted by atomic mass is 16.2. The molecule has 2 amide bonds. The third-order valence-corrected chi connectivity index (χ3v) is 1.46. The normalized spacial score (nSPS) is 30.6. The molecular formula is C6H9N3O2. The van der Waals surface area contributed by atoms with E-state index in [1.807, 2.05) is 0 Å². The predicted molar refractivity (Wildman–Crippen MR) is 39.1 cm³/mol. The van der Waals surface area contributed by atoms with Crippen LogP contribution in [0.2, 0.25) is 0 Å². The van der Waals surface area contributed by atoms with Crippen LogP contribution in [0, 0.1) is 0 Å². The van der Waals surface area contributed by atoms with Crippen LogP contribution in [0.15, 0.2) is 4.99 Å². The number of aliphatic imine (C=N–C) groups is 1. The topological polar surface area (TPSA) is 70.6 Å². The average molecular weight is 155 g/mol. The van der Waals surface area contributed by atoms with Gasteiger partial charge in [-0.3, -0.25) is 14.6 Å². The van der Waals surface area contributed by atoms with Crippen molar-refractivity contribution in [2.75, 3.05) is 0 Å². The molecule has 2 N–H and O–H groups in total. The molecule has 1 saturated heterocycles. The summed E-state index contributed by atoms with van der Waals surface area (Å²) in [4.78, 5) is 25.2. The molecule has 0 aromatic carbocycles. The number of nitrogens with one attached hydrogen (secondary N) is 2. The summed E-state index contributed by atoms with van der Waals surface area (Å²) < 4.78 is 0. The largest absolute Gasteiger partial charge is 0.341 e. The maximum absolute atomic E-state index is 10.9. The molecule has 5 heteroatoms.